The molecule has 118 valence electrons. The highest BCUT2D eigenvalue weighted by Crippen LogP contribution is 2.36. The maximum Gasteiger partial charge on any atom is 0.229 e. The van der Waals surface area contributed by atoms with E-state index < -0.39 is 0 Å². The van der Waals surface area contributed by atoms with Gasteiger partial charge in [0.2, 0.25) is 5.89 Å². The van der Waals surface area contributed by atoms with Gasteiger partial charge in [0.25, 0.3) is 0 Å². The molecule has 0 saturated heterocycles. The third kappa shape index (κ3) is 3.65. The number of hydrogen-bond donors (Lipinski definition) is 1. The van der Waals surface area contributed by atoms with E-state index in [4.69, 9.17) is 9.51 Å². The van der Waals surface area contributed by atoms with Crippen LogP contribution in [0.25, 0.3) is 0 Å². The van der Waals surface area contributed by atoms with Crippen molar-refractivity contribution < 1.29 is 4.52 Å². The summed E-state index contributed by atoms with van der Waals surface area (Å²) in [5, 5.41) is 7.85. The molecule has 0 radical (unpaired) electrons. The molecule has 0 amide bonds. The van der Waals surface area contributed by atoms with Crippen molar-refractivity contribution in [2.75, 3.05) is 6.54 Å². The van der Waals surface area contributed by atoms with Gasteiger partial charge in [0, 0.05) is 17.9 Å². The number of nitrogens with zero attached hydrogens (tertiary/aromatic N) is 2. The minimum absolute atomic E-state index is 0.488. The van der Waals surface area contributed by atoms with Gasteiger partial charge in [0.15, 0.2) is 5.82 Å². The molecule has 0 spiro atoms. The standard InChI is InChI=1S/C17H29N3O/c1-3-18-15-9-7-13(8-10-15)17-19-16(20-21-17)14-6-4-5-12(2)11-14/h12-15,18H,3-11H2,1-2H3. The van der Waals surface area contributed by atoms with Crippen molar-refractivity contribution in [3.05, 3.63) is 11.7 Å². The molecule has 3 rings (SSSR count). The highest BCUT2D eigenvalue weighted by Gasteiger charge is 2.29. The molecule has 2 unspecified atom stereocenters. The average molecular weight is 291 g/mol. The molecule has 21 heavy (non-hydrogen) atoms. The SMILES string of the molecule is CCNC1CCC(c2nc(C3CCCC(C)C3)no2)CC1. The first-order valence-electron chi connectivity index (χ1n) is 8.83. The van der Waals surface area contributed by atoms with Crippen LogP contribution in [-0.4, -0.2) is 22.7 Å². The summed E-state index contributed by atoms with van der Waals surface area (Å²) in [6.07, 6.45) is 9.95. The number of nitrogens with one attached hydrogen (secondary N) is 1. The number of hydrogen-bond acceptors (Lipinski definition) is 4. The van der Waals surface area contributed by atoms with Gasteiger partial charge in [-0.15, -0.1) is 0 Å². The van der Waals surface area contributed by atoms with Gasteiger partial charge >= 0.3 is 0 Å². The van der Waals surface area contributed by atoms with Gasteiger partial charge in [-0.1, -0.05) is 31.8 Å². The summed E-state index contributed by atoms with van der Waals surface area (Å²) in [7, 11) is 0. The van der Waals surface area contributed by atoms with Crippen molar-refractivity contribution in [2.45, 2.75) is 83.1 Å². The van der Waals surface area contributed by atoms with Crippen LogP contribution in [0.15, 0.2) is 4.52 Å². The van der Waals surface area contributed by atoms with Gasteiger partial charge in [-0.05, 0) is 51.0 Å². The third-order valence-electron chi connectivity index (χ3n) is 5.33. The maximum absolute atomic E-state index is 5.61. The Labute approximate surface area is 128 Å². The second-order valence-corrected chi connectivity index (χ2v) is 7.07. The fourth-order valence-electron chi connectivity index (χ4n) is 4.08. The van der Waals surface area contributed by atoms with Crippen LogP contribution in [0.4, 0.5) is 0 Å². The van der Waals surface area contributed by atoms with Crippen LogP contribution in [0.5, 0.6) is 0 Å². The van der Waals surface area contributed by atoms with E-state index in [1.807, 2.05) is 0 Å². The summed E-state index contributed by atoms with van der Waals surface area (Å²) in [5.74, 6) is 3.70. The van der Waals surface area contributed by atoms with Crippen molar-refractivity contribution in [2.24, 2.45) is 5.92 Å². The minimum atomic E-state index is 0.488. The van der Waals surface area contributed by atoms with E-state index in [0.717, 1.165) is 24.2 Å². The molecule has 2 aliphatic rings. The Morgan fingerprint density at radius 2 is 1.90 bits per heavy atom. The first-order valence-corrected chi connectivity index (χ1v) is 8.83. The van der Waals surface area contributed by atoms with E-state index in [1.54, 1.807) is 0 Å². The third-order valence-corrected chi connectivity index (χ3v) is 5.33. The Morgan fingerprint density at radius 1 is 1.10 bits per heavy atom. The molecule has 2 saturated carbocycles. The number of rotatable bonds is 4. The van der Waals surface area contributed by atoms with Crippen LogP contribution in [0.3, 0.4) is 0 Å². The molecule has 1 heterocycles. The van der Waals surface area contributed by atoms with E-state index in [1.165, 1.54) is 51.4 Å². The van der Waals surface area contributed by atoms with E-state index >= 15 is 0 Å². The molecular weight excluding hydrogens is 262 g/mol. The van der Waals surface area contributed by atoms with Gasteiger partial charge in [-0.3, -0.25) is 0 Å². The van der Waals surface area contributed by atoms with Gasteiger partial charge in [-0.2, -0.15) is 4.98 Å². The Kier molecular flexibility index (Phi) is 4.94. The fourth-order valence-corrected chi connectivity index (χ4v) is 4.08. The topological polar surface area (TPSA) is 51.0 Å². The van der Waals surface area contributed by atoms with Crippen molar-refractivity contribution >= 4 is 0 Å². The Balaban J connectivity index is 1.58. The van der Waals surface area contributed by atoms with Crippen molar-refractivity contribution in [3.63, 3.8) is 0 Å². The zero-order valence-electron chi connectivity index (χ0n) is 13.5. The van der Waals surface area contributed by atoms with Crippen molar-refractivity contribution in [1.82, 2.24) is 15.5 Å². The van der Waals surface area contributed by atoms with Gasteiger partial charge in [0.1, 0.15) is 0 Å². The van der Waals surface area contributed by atoms with Crippen molar-refractivity contribution in [3.8, 4) is 0 Å². The zero-order valence-corrected chi connectivity index (χ0v) is 13.5. The monoisotopic (exact) mass is 291 g/mol. The Bertz CT molecular complexity index is 437. The highest BCUT2D eigenvalue weighted by atomic mass is 16.5. The van der Waals surface area contributed by atoms with Crippen LogP contribution < -0.4 is 5.32 Å². The molecule has 0 bridgehead atoms. The lowest BCUT2D eigenvalue weighted by molar-refractivity contribution is 0.280. The molecule has 1 N–H and O–H groups in total. The lowest BCUT2D eigenvalue weighted by Gasteiger charge is -2.26. The lowest BCUT2D eigenvalue weighted by Crippen LogP contribution is -2.32. The average Bonchev–Trinajstić information content (AvgIpc) is 2.98. The van der Waals surface area contributed by atoms with E-state index in [2.05, 4.69) is 24.3 Å². The quantitative estimate of drug-likeness (QED) is 0.911. The van der Waals surface area contributed by atoms with Gasteiger partial charge < -0.3 is 9.84 Å². The van der Waals surface area contributed by atoms with Crippen molar-refractivity contribution in [1.29, 1.82) is 0 Å². The summed E-state index contributed by atoms with van der Waals surface area (Å²) in [4.78, 5) is 4.76. The van der Waals surface area contributed by atoms with Crippen LogP contribution in [0.2, 0.25) is 0 Å². The van der Waals surface area contributed by atoms with E-state index in [0.29, 0.717) is 17.9 Å². The smallest absolute Gasteiger partial charge is 0.229 e. The minimum Gasteiger partial charge on any atom is -0.339 e. The second-order valence-electron chi connectivity index (χ2n) is 7.07. The Hall–Kier alpha value is -0.900. The predicted molar refractivity (Wildman–Crippen MR) is 83.3 cm³/mol. The van der Waals surface area contributed by atoms with Gasteiger partial charge in [0.05, 0.1) is 0 Å². The van der Waals surface area contributed by atoms with E-state index in [9.17, 15) is 0 Å². The molecule has 2 fully saturated rings. The fraction of sp³-hybridized carbons (Fsp3) is 0.882. The lowest BCUT2D eigenvalue weighted by atomic mass is 9.82. The Morgan fingerprint density at radius 3 is 2.62 bits per heavy atom. The first-order chi connectivity index (χ1) is 10.3. The molecular formula is C17H29N3O. The largest absolute Gasteiger partial charge is 0.339 e. The maximum atomic E-state index is 5.61. The summed E-state index contributed by atoms with van der Waals surface area (Å²) in [5.41, 5.74) is 0. The summed E-state index contributed by atoms with van der Waals surface area (Å²) in [6, 6.07) is 0.688. The molecule has 4 nitrogen and oxygen atoms in total. The summed E-state index contributed by atoms with van der Waals surface area (Å²) >= 11 is 0. The van der Waals surface area contributed by atoms with Crippen LogP contribution in [0, 0.1) is 5.92 Å². The molecule has 0 aromatic carbocycles. The van der Waals surface area contributed by atoms with Crippen LogP contribution >= 0.6 is 0 Å². The molecule has 1 aromatic heterocycles. The summed E-state index contributed by atoms with van der Waals surface area (Å²) in [6.45, 7) is 5.59. The first kappa shape index (κ1) is 15.0. The second kappa shape index (κ2) is 6.91. The highest BCUT2D eigenvalue weighted by molar-refractivity contribution is 5.02. The molecule has 2 aliphatic carbocycles. The molecule has 1 aromatic rings. The molecule has 0 aliphatic heterocycles. The van der Waals surface area contributed by atoms with E-state index in [-0.39, 0.29) is 0 Å². The molecule has 4 heteroatoms. The zero-order chi connectivity index (χ0) is 14.7. The van der Waals surface area contributed by atoms with Gasteiger partial charge in [-0.25, -0.2) is 0 Å². The predicted octanol–water partition coefficient (Wildman–Crippen LogP) is 4.00. The van der Waals surface area contributed by atoms with Crippen LogP contribution in [-0.2, 0) is 0 Å². The normalized spacial score (nSPS) is 34.0. The number of aromatic nitrogens is 2. The van der Waals surface area contributed by atoms with Crippen LogP contribution in [0.1, 0.15) is 88.8 Å². The molecule has 2 atom stereocenters. The summed E-state index contributed by atoms with van der Waals surface area (Å²) < 4.78 is 5.61.